The highest BCUT2D eigenvalue weighted by Gasteiger charge is 2.16. The van der Waals surface area contributed by atoms with Crippen LogP contribution in [0.15, 0.2) is 64.4 Å². The summed E-state index contributed by atoms with van der Waals surface area (Å²) in [5.41, 5.74) is 2.42. The molecule has 1 atom stereocenters. The van der Waals surface area contributed by atoms with Crippen LogP contribution >= 0.6 is 23.4 Å². The van der Waals surface area contributed by atoms with Crippen molar-refractivity contribution in [3.63, 3.8) is 0 Å². The van der Waals surface area contributed by atoms with E-state index in [4.69, 9.17) is 11.6 Å². The van der Waals surface area contributed by atoms with E-state index in [-0.39, 0.29) is 17.4 Å². The lowest BCUT2D eigenvalue weighted by Crippen LogP contribution is -2.24. The summed E-state index contributed by atoms with van der Waals surface area (Å²) in [4.78, 5) is 35.9. The molecule has 3 rings (SSSR count). The maximum absolute atomic E-state index is 12.6. The minimum Gasteiger partial charge on any atom is -0.326 e. The average Bonchev–Trinajstić information content (AvgIpc) is 2.72. The van der Waals surface area contributed by atoms with E-state index in [2.05, 4.69) is 15.7 Å². The maximum Gasteiger partial charge on any atom is 0.271 e. The number of aryl methyl sites for hydroxylation is 1. The normalized spacial score (nSPS) is 11.6. The Kier molecular flexibility index (Phi) is 7.14. The molecule has 0 aliphatic rings. The first-order valence-corrected chi connectivity index (χ1v) is 10.7. The number of nitrogens with zero attached hydrogens (tertiary/aromatic N) is 2. The van der Waals surface area contributed by atoms with Crippen molar-refractivity contribution in [3.05, 3.63) is 75.5 Å². The highest BCUT2D eigenvalue weighted by molar-refractivity contribution is 8.00. The summed E-state index contributed by atoms with van der Waals surface area (Å²) in [7, 11) is 0. The fraction of sp³-hybridized carbons (Fsp3) is 0.182. The second-order valence-corrected chi connectivity index (χ2v) is 8.63. The summed E-state index contributed by atoms with van der Waals surface area (Å²) >= 11 is 7.41. The van der Waals surface area contributed by atoms with Gasteiger partial charge in [-0.3, -0.25) is 14.4 Å². The summed E-state index contributed by atoms with van der Waals surface area (Å²) in [5.74, 6) is -0.376. The van der Waals surface area contributed by atoms with Crippen LogP contribution in [0, 0.1) is 6.92 Å². The van der Waals surface area contributed by atoms with Gasteiger partial charge in [0, 0.05) is 29.4 Å². The van der Waals surface area contributed by atoms with E-state index < -0.39 is 5.25 Å². The van der Waals surface area contributed by atoms with Crippen LogP contribution < -0.4 is 16.2 Å². The van der Waals surface area contributed by atoms with Crippen molar-refractivity contribution in [1.82, 2.24) is 9.78 Å². The number of hydrogen-bond donors (Lipinski definition) is 2. The van der Waals surface area contributed by atoms with Crippen molar-refractivity contribution in [2.45, 2.75) is 31.0 Å². The molecule has 0 bridgehead atoms. The highest BCUT2D eigenvalue weighted by Crippen LogP contribution is 2.23. The standard InChI is InChI=1S/C22H21ClN4O3S/c1-13-4-9-18(12-19(13)23)27-21(29)11-10-20(26-27)31-14(2)22(30)25-17-7-5-16(6-8-17)24-15(3)28/h4-12,14H,1-3H3,(H,24,28)(H,25,30)/t14-/m0/s1. The fourth-order valence-corrected chi connectivity index (χ4v) is 3.65. The number of carbonyl (C=O) groups is 2. The van der Waals surface area contributed by atoms with E-state index in [1.165, 1.54) is 29.4 Å². The number of benzene rings is 2. The van der Waals surface area contributed by atoms with Crippen LogP contribution in [0.25, 0.3) is 5.69 Å². The van der Waals surface area contributed by atoms with Gasteiger partial charge in [0.25, 0.3) is 5.56 Å². The average molecular weight is 457 g/mol. The third kappa shape index (κ3) is 5.96. The smallest absolute Gasteiger partial charge is 0.271 e. The Balaban J connectivity index is 1.70. The Labute approximate surface area is 188 Å². The second kappa shape index (κ2) is 9.80. The molecule has 0 aliphatic carbocycles. The summed E-state index contributed by atoms with van der Waals surface area (Å²) in [6.07, 6.45) is 0. The number of thioether (sulfide) groups is 1. The second-order valence-electron chi connectivity index (χ2n) is 6.86. The first-order chi connectivity index (χ1) is 14.7. The quantitative estimate of drug-likeness (QED) is 0.540. The highest BCUT2D eigenvalue weighted by atomic mass is 35.5. The van der Waals surface area contributed by atoms with Gasteiger partial charge in [0.05, 0.1) is 10.9 Å². The fourth-order valence-electron chi connectivity index (χ4n) is 2.67. The van der Waals surface area contributed by atoms with Gasteiger partial charge in [-0.1, -0.05) is 29.4 Å². The molecule has 0 aliphatic heterocycles. The third-order valence-electron chi connectivity index (χ3n) is 4.32. The Morgan fingerprint density at radius 3 is 2.29 bits per heavy atom. The van der Waals surface area contributed by atoms with Crippen LogP contribution in [0.4, 0.5) is 11.4 Å². The summed E-state index contributed by atoms with van der Waals surface area (Å²) in [5, 5.41) is 10.5. The molecular formula is C22H21ClN4O3S. The van der Waals surface area contributed by atoms with E-state index in [1.807, 2.05) is 13.0 Å². The van der Waals surface area contributed by atoms with Crippen LogP contribution in [-0.2, 0) is 9.59 Å². The van der Waals surface area contributed by atoms with Crippen molar-refractivity contribution in [2.24, 2.45) is 0 Å². The van der Waals surface area contributed by atoms with Crippen molar-refractivity contribution in [1.29, 1.82) is 0 Å². The zero-order chi connectivity index (χ0) is 22.5. The summed E-state index contributed by atoms with van der Waals surface area (Å²) < 4.78 is 1.26. The lowest BCUT2D eigenvalue weighted by Gasteiger charge is -2.13. The van der Waals surface area contributed by atoms with Gasteiger partial charge < -0.3 is 10.6 Å². The van der Waals surface area contributed by atoms with Gasteiger partial charge in [-0.05, 0) is 61.9 Å². The topological polar surface area (TPSA) is 93.1 Å². The van der Waals surface area contributed by atoms with Crippen LogP contribution in [0.2, 0.25) is 5.02 Å². The summed E-state index contributed by atoms with van der Waals surface area (Å²) in [6.45, 7) is 5.06. The molecule has 3 aromatic rings. The Morgan fingerprint density at radius 2 is 1.68 bits per heavy atom. The Hall–Kier alpha value is -3.10. The van der Waals surface area contributed by atoms with Crippen molar-refractivity contribution in [2.75, 3.05) is 10.6 Å². The molecule has 1 heterocycles. The lowest BCUT2D eigenvalue weighted by molar-refractivity contribution is -0.115. The number of anilines is 2. The first-order valence-electron chi connectivity index (χ1n) is 9.45. The predicted molar refractivity (Wildman–Crippen MR) is 124 cm³/mol. The molecule has 160 valence electrons. The van der Waals surface area contributed by atoms with Crippen LogP contribution in [0.5, 0.6) is 0 Å². The van der Waals surface area contributed by atoms with Crippen LogP contribution in [-0.4, -0.2) is 26.8 Å². The van der Waals surface area contributed by atoms with Crippen molar-refractivity contribution >= 4 is 46.6 Å². The molecule has 0 radical (unpaired) electrons. The number of aromatic nitrogens is 2. The number of carbonyl (C=O) groups excluding carboxylic acids is 2. The SMILES string of the molecule is CC(=O)Nc1ccc(NC(=O)[C@H](C)Sc2ccc(=O)n(-c3ccc(C)c(Cl)c3)n2)cc1. The molecule has 2 aromatic carbocycles. The van der Waals surface area contributed by atoms with E-state index in [0.717, 1.165) is 5.56 Å². The number of amides is 2. The maximum atomic E-state index is 12.6. The zero-order valence-electron chi connectivity index (χ0n) is 17.2. The molecule has 9 heteroatoms. The van der Waals surface area contributed by atoms with Gasteiger partial charge in [-0.2, -0.15) is 9.78 Å². The van der Waals surface area contributed by atoms with Gasteiger partial charge >= 0.3 is 0 Å². The van der Waals surface area contributed by atoms with Crippen molar-refractivity contribution < 1.29 is 9.59 Å². The largest absolute Gasteiger partial charge is 0.326 e. The van der Waals surface area contributed by atoms with Gasteiger partial charge in [0.15, 0.2) is 0 Å². The van der Waals surface area contributed by atoms with Crippen LogP contribution in [0.1, 0.15) is 19.4 Å². The molecule has 2 amide bonds. The monoisotopic (exact) mass is 456 g/mol. The molecule has 7 nitrogen and oxygen atoms in total. The molecular weight excluding hydrogens is 436 g/mol. The Bertz CT molecular complexity index is 1180. The first kappa shape index (κ1) is 22.6. The molecule has 1 aromatic heterocycles. The van der Waals surface area contributed by atoms with Gasteiger partial charge in [-0.25, -0.2) is 0 Å². The molecule has 0 unspecified atom stereocenters. The van der Waals surface area contributed by atoms with E-state index >= 15 is 0 Å². The van der Waals surface area contributed by atoms with Crippen molar-refractivity contribution in [3.8, 4) is 5.69 Å². The summed E-state index contributed by atoms with van der Waals surface area (Å²) in [6, 6.07) is 15.1. The van der Waals surface area contributed by atoms with Crippen LogP contribution in [0.3, 0.4) is 0 Å². The molecule has 31 heavy (non-hydrogen) atoms. The van der Waals surface area contributed by atoms with E-state index in [9.17, 15) is 14.4 Å². The molecule has 0 fully saturated rings. The number of rotatable bonds is 6. The molecule has 2 N–H and O–H groups in total. The number of halogens is 1. The number of hydrogen-bond acceptors (Lipinski definition) is 5. The molecule has 0 spiro atoms. The van der Waals surface area contributed by atoms with Gasteiger partial charge in [-0.15, -0.1) is 0 Å². The van der Waals surface area contributed by atoms with Gasteiger partial charge in [0.2, 0.25) is 11.8 Å². The van der Waals surface area contributed by atoms with Gasteiger partial charge in [0.1, 0.15) is 5.03 Å². The predicted octanol–water partition coefficient (Wildman–Crippen LogP) is 4.27. The third-order valence-corrected chi connectivity index (χ3v) is 5.75. The molecule has 0 saturated heterocycles. The minimum atomic E-state index is -0.463. The molecule has 0 saturated carbocycles. The lowest BCUT2D eigenvalue weighted by atomic mass is 10.2. The Morgan fingerprint density at radius 1 is 1.03 bits per heavy atom. The minimum absolute atomic E-state index is 0.163. The zero-order valence-corrected chi connectivity index (χ0v) is 18.8. The van der Waals surface area contributed by atoms with E-state index in [0.29, 0.717) is 27.1 Å². The number of nitrogens with one attached hydrogen (secondary N) is 2. The van der Waals surface area contributed by atoms with E-state index in [1.54, 1.807) is 49.4 Å².